The molecule has 0 aromatic heterocycles. The minimum Gasteiger partial charge on any atom is -0.352 e. The van der Waals surface area contributed by atoms with Crippen molar-refractivity contribution in [3.63, 3.8) is 0 Å². The van der Waals surface area contributed by atoms with Crippen LogP contribution in [-0.4, -0.2) is 55.1 Å². The van der Waals surface area contributed by atoms with E-state index in [2.05, 4.69) is 5.32 Å². The number of fused-ring (bicyclic) bond motifs is 1. The third-order valence-corrected chi connectivity index (χ3v) is 9.00. The summed E-state index contributed by atoms with van der Waals surface area (Å²) in [6.45, 7) is 0.939. The predicted octanol–water partition coefficient (Wildman–Crippen LogP) is 4.47. The maximum atomic E-state index is 14.5. The molecule has 0 unspecified atom stereocenters. The van der Waals surface area contributed by atoms with E-state index >= 15 is 0 Å². The van der Waals surface area contributed by atoms with Crippen molar-refractivity contribution in [2.45, 2.75) is 62.6 Å². The summed E-state index contributed by atoms with van der Waals surface area (Å²) < 4.78 is 42.1. The fourth-order valence-corrected chi connectivity index (χ4v) is 5.99. The van der Waals surface area contributed by atoms with E-state index in [4.69, 9.17) is 0 Å². The topological polar surface area (TPSA) is 86.8 Å². The third kappa shape index (κ3) is 6.39. The van der Waals surface area contributed by atoms with Crippen LogP contribution in [0.4, 0.5) is 4.39 Å². The molecule has 38 heavy (non-hydrogen) atoms. The summed E-state index contributed by atoms with van der Waals surface area (Å²) in [5.41, 5.74) is 0.248. The van der Waals surface area contributed by atoms with Gasteiger partial charge in [0.1, 0.15) is 11.9 Å². The predicted molar refractivity (Wildman–Crippen MR) is 145 cm³/mol. The zero-order chi connectivity index (χ0) is 27.3. The smallest absolute Gasteiger partial charge is 0.243 e. The third-order valence-electron chi connectivity index (χ3n) is 7.20. The molecule has 0 aliphatic heterocycles. The van der Waals surface area contributed by atoms with E-state index in [-0.39, 0.29) is 29.0 Å². The fraction of sp³-hybridized carbons (Fsp3) is 0.379. The molecule has 9 heteroatoms. The van der Waals surface area contributed by atoms with E-state index in [9.17, 15) is 22.4 Å². The molecule has 0 heterocycles. The Morgan fingerprint density at radius 2 is 1.63 bits per heavy atom. The van der Waals surface area contributed by atoms with Gasteiger partial charge in [-0.2, -0.15) is 4.31 Å². The van der Waals surface area contributed by atoms with Crippen LogP contribution in [0.25, 0.3) is 10.8 Å². The van der Waals surface area contributed by atoms with Crippen LogP contribution in [0.3, 0.4) is 0 Å². The van der Waals surface area contributed by atoms with Gasteiger partial charge in [0.2, 0.25) is 21.8 Å². The fourth-order valence-electron chi connectivity index (χ4n) is 4.84. The summed E-state index contributed by atoms with van der Waals surface area (Å²) in [4.78, 5) is 28.0. The van der Waals surface area contributed by atoms with Crippen LogP contribution in [0.5, 0.6) is 0 Å². The zero-order valence-corrected chi connectivity index (χ0v) is 22.6. The number of carbonyl (C=O) groups excluding carboxylic acids is 2. The van der Waals surface area contributed by atoms with Crippen LogP contribution in [0.1, 0.15) is 44.6 Å². The molecule has 1 aliphatic carbocycles. The van der Waals surface area contributed by atoms with E-state index < -0.39 is 34.3 Å². The number of likely N-dealkylation sites (N-methyl/N-ethyl adjacent to an activating group) is 1. The summed E-state index contributed by atoms with van der Waals surface area (Å²) in [6.07, 6.45) is 4.97. The second-order valence-electron chi connectivity index (χ2n) is 9.90. The molecule has 7 nitrogen and oxygen atoms in total. The minimum atomic E-state index is -4.00. The number of sulfonamides is 1. The number of amides is 2. The Balaban J connectivity index is 1.54. The summed E-state index contributed by atoms with van der Waals surface area (Å²) in [5.74, 6) is -1.42. The number of carbonyl (C=O) groups is 2. The molecular formula is C29H34FN3O4S. The number of hydrogen-bond acceptors (Lipinski definition) is 4. The Kier molecular flexibility index (Phi) is 8.79. The lowest BCUT2D eigenvalue weighted by molar-refractivity contribution is -0.141. The highest BCUT2D eigenvalue weighted by atomic mass is 32.2. The van der Waals surface area contributed by atoms with Gasteiger partial charge >= 0.3 is 0 Å². The maximum Gasteiger partial charge on any atom is 0.243 e. The van der Waals surface area contributed by atoms with E-state index in [1.54, 1.807) is 37.3 Å². The molecule has 3 aromatic carbocycles. The van der Waals surface area contributed by atoms with Crippen molar-refractivity contribution in [2.75, 3.05) is 13.6 Å². The van der Waals surface area contributed by atoms with Gasteiger partial charge in [0.15, 0.2) is 0 Å². The SMILES string of the molecule is C[C@H](C(=O)NC1CCCCC1)N(Cc1ccccc1F)C(=O)CN(C)S(=O)(=O)c1ccc2ccccc2c1. The summed E-state index contributed by atoms with van der Waals surface area (Å²) >= 11 is 0. The van der Waals surface area contributed by atoms with E-state index in [0.717, 1.165) is 47.2 Å². The molecule has 0 spiro atoms. The lowest BCUT2D eigenvalue weighted by Gasteiger charge is -2.32. The standard InChI is InChI=1S/C29H34FN3O4S/c1-21(29(35)31-25-13-4-3-5-14-25)33(19-24-12-8-9-15-27(24)30)28(34)20-32(2)38(36,37)26-17-16-22-10-6-7-11-23(22)18-26/h6-12,15-18,21,25H,3-5,13-14,19-20H2,1-2H3,(H,31,35)/t21-/m1/s1. The maximum absolute atomic E-state index is 14.5. The summed E-state index contributed by atoms with van der Waals surface area (Å²) in [6, 6.07) is 17.4. The molecule has 0 radical (unpaired) electrons. The van der Waals surface area contributed by atoms with Gasteiger partial charge < -0.3 is 10.2 Å². The number of nitrogens with one attached hydrogen (secondary N) is 1. The molecule has 4 rings (SSSR count). The van der Waals surface area contributed by atoms with E-state index in [1.165, 1.54) is 24.1 Å². The molecule has 2 amide bonds. The van der Waals surface area contributed by atoms with Crippen LogP contribution in [0.15, 0.2) is 71.6 Å². The summed E-state index contributed by atoms with van der Waals surface area (Å²) in [5, 5.41) is 4.69. The van der Waals surface area contributed by atoms with Gasteiger partial charge in [-0.1, -0.05) is 67.8 Å². The molecule has 3 aromatic rings. The number of hydrogen-bond donors (Lipinski definition) is 1. The Bertz CT molecular complexity index is 1410. The van der Waals surface area contributed by atoms with Crippen molar-refractivity contribution in [2.24, 2.45) is 0 Å². The molecule has 1 N–H and O–H groups in total. The first-order valence-corrected chi connectivity index (χ1v) is 14.4. The number of rotatable bonds is 9. The van der Waals surface area contributed by atoms with Crippen molar-refractivity contribution >= 4 is 32.6 Å². The molecule has 1 fully saturated rings. The van der Waals surface area contributed by atoms with Gasteiger partial charge in [0.05, 0.1) is 11.4 Å². The monoisotopic (exact) mass is 539 g/mol. The second kappa shape index (κ2) is 12.0. The van der Waals surface area contributed by atoms with Crippen LogP contribution >= 0.6 is 0 Å². The van der Waals surface area contributed by atoms with Gasteiger partial charge in [-0.3, -0.25) is 9.59 Å². The van der Waals surface area contributed by atoms with Crippen LogP contribution < -0.4 is 5.32 Å². The number of benzene rings is 3. The minimum absolute atomic E-state index is 0.0417. The lowest BCUT2D eigenvalue weighted by atomic mass is 9.95. The van der Waals surface area contributed by atoms with Gasteiger partial charge in [-0.15, -0.1) is 0 Å². The van der Waals surface area contributed by atoms with Gasteiger partial charge in [-0.05, 0) is 48.7 Å². The Hall–Kier alpha value is -3.30. The quantitative estimate of drug-likeness (QED) is 0.435. The molecule has 0 saturated heterocycles. The lowest BCUT2D eigenvalue weighted by Crippen LogP contribution is -2.52. The van der Waals surface area contributed by atoms with Crippen LogP contribution in [-0.2, 0) is 26.2 Å². The van der Waals surface area contributed by atoms with Crippen LogP contribution in [0.2, 0.25) is 0 Å². The molecule has 0 bridgehead atoms. The second-order valence-corrected chi connectivity index (χ2v) is 11.9. The summed E-state index contributed by atoms with van der Waals surface area (Å²) in [7, 11) is -2.67. The normalized spacial score (nSPS) is 15.4. The first kappa shape index (κ1) is 27.7. The average molecular weight is 540 g/mol. The van der Waals surface area contributed by atoms with Crippen molar-refractivity contribution in [3.8, 4) is 0 Å². The number of halogens is 1. The van der Waals surface area contributed by atoms with E-state index in [1.807, 2.05) is 24.3 Å². The first-order valence-electron chi connectivity index (χ1n) is 12.9. The molecule has 1 aliphatic rings. The van der Waals surface area contributed by atoms with E-state index in [0.29, 0.717) is 0 Å². The van der Waals surface area contributed by atoms with Gasteiger partial charge in [0, 0.05) is 25.2 Å². The highest BCUT2D eigenvalue weighted by Crippen LogP contribution is 2.22. The van der Waals surface area contributed by atoms with Gasteiger partial charge in [-0.25, -0.2) is 12.8 Å². The number of nitrogens with zero attached hydrogens (tertiary/aromatic N) is 2. The average Bonchev–Trinajstić information content (AvgIpc) is 2.92. The zero-order valence-electron chi connectivity index (χ0n) is 21.8. The Morgan fingerprint density at radius 3 is 2.34 bits per heavy atom. The Labute approximate surface area is 223 Å². The molecule has 1 atom stereocenters. The first-order chi connectivity index (χ1) is 18.2. The highest BCUT2D eigenvalue weighted by Gasteiger charge is 2.31. The Morgan fingerprint density at radius 1 is 0.974 bits per heavy atom. The largest absolute Gasteiger partial charge is 0.352 e. The van der Waals surface area contributed by atoms with Crippen molar-refractivity contribution in [3.05, 3.63) is 78.1 Å². The van der Waals surface area contributed by atoms with Crippen molar-refractivity contribution in [1.29, 1.82) is 0 Å². The highest BCUT2D eigenvalue weighted by molar-refractivity contribution is 7.89. The molecular weight excluding hydrogens is 505 g/mol. The van der Waals surface area contributed by atoms with Crippen LogP contribution in [0, 0.1) is 5.82 Å². The van der Waals surface area contributed by atoms with Crippen molar-refractivity contribution in [1.82, 2.24) is 14.5 Å². The van der Waals surface area contributed by atoms with Gasteiger partial charge in [0.25, 0.3) is 0 Å². The van der Waals surface area contributed by atoms with Crippen molar-refractivity contribution < 1.29 is 22.4 Å². The molecule has 202 valence electrons. The molecule has 1 saturated carbocycles.